The van der Waals surface area contributed by atoms with Crippen molar-refractivity contribution in [1.82, 2.24) is 14.5 Å². The second kappa shape index (κ2) is 6.19. The zero-order chi connectivity index (χ0) is 16.6. The van der Waals surface area contributed by atoms with Crippen molar-refractivity contribution in [3.8, 4) is 0 Å². The lowest BCUT2D eigenvalue weighted by atomic mass is 9.92. The van der Waals surface area contributed by atoms with Gasteiger partial charge in [0.05, 0.1) is 18.2 Å². The van der Waals surface area contributed by atoms with Gasteiger partial charge in [-0.05, 0) is 19.3 Å². The first kappa shape index (κ1) is 15.8. The van der Waals surface area contributed by atoms with E-state index in [9.17, 15) is 14.4 Å². The molecule has 0 aliphatic carbocycles. The molecule has 2 N–H and O–H groups in total. The van der Waals surface area contributed by atoms with E-state index in [4.69, 9.17) is 4.74 Å². The fraction of sp³-hybridized carbons (Fsp3) is 0.667. The molecule has 2 aliphatic rings. The van der Waals surface area contributed by atoms with E-state index in [-0.39, 0.29) is 35.3 Å². The molecule has 3 heterocycles. The topological polar surface area (TPSA) is 94.4 Å². The van der Waals surface area contributed by atoms with Crippen molar-refractivity contribution in [2.45, 2.75) is 43.9 Å². The highest BCUT2D eigenvalue weighted by Gasteiger charge is 2.37. The Morgan fingerprint density at radius 3 is 2.70 bits per heavy atom. The van der Waals surface area contributed by atoms with Crippen molar-refractivity contribution in [1.29, 1.82) is 0 Å². The number of rotatable bonds is 3. The number of hydrogen-bond acceptors (Lipinski definition) is 5. The maximum absolute atomic E-state index is 12.0. The summed E-state index contributed by atoms with van der Waals surface area (Å²) in [7, 11) is 3.07. The summed E-state index contributed by atoms with van der Waals surface area (Å²) in [4.78, 5) is 35.6. The number of nitrogens with one attached hydrogen (secondary N) is 2. The van der Waals surface area contributed by atoms with Gasteiger partial charge in [0.15, 0.2) is 0 Å². The van der Waals surface area contributed by atoms with Gasteiger partial charge in [-0.25, -0.2) is 4.79 Å². The molecule has 1 aromatic heterocycles. The molecule has 3 rings (SSSR count). The summed E-state index contributed by atoms with van der Waals surface area (Å²) >= 11 is 0. The molecule has 1 amide bonds. The Bertz CT molecular complexity index is 717. The van der Waals surface area contributed by atoms with Gasteiger partial charge in [-0.3, -0.25) is 18.7 Å². The number of amides is 1. The first-order valence-corrected chi connectivity index (χ1v) is 7.92. The van der Waals surface area contributed by atoms with Crippen LogP contribution in [0.15, 0.2) is 15.7 Å². The molecule has 0 bridgehead atoms. The van der Waals surface area contributed by atoms with E-state index in [0.717, 1.165) is 17.4 Å². The molecule has 2 fully saturated rings. The second-order valence-electron chi connectivity index (χ2n) is 6.20. The molecule has 0 aromatic carbocycles. The Morgan fingerprint density at radius 1 is 1.22 bits per heavy atom. The Morgan fingerprint density at radius 2 is 2.00 bits per heavy atom. The summed E-state index contributed by atoms with van der Waals surface area (Å²) in [5, 5.41) is 6.25. The average Bonchev–Trinajstić information content (AvgIpc) is 3.06. The number of anilines is 1. The summed E-state index contributed by atoms with van der Waals surface area (Å²) in [5.41, 5.74) is -0.738. The van der Waals surface area contributed by atoms with Crippen LogP contribution in [0.5, 0.6) is 0 Å². The standard InChI is InChI=1S/C15H22N4O4/c1-18-11(8-13(21)19(2)15(18)22)16-9-5-6-12(20)17-14(9)10-4-3-7-23-10/h8-10,14,16H,3-7H2,1-2H3,(H,17,20)/t9-,10?,14-/m0/s1. The van der Waals surface area contributed by atoms with Crippen LogP contribution in [-0.4, -0.2) is 39.8 Å². The first-order chi connectivity index (χ1) is 11.0. The molecular weight excluding hydrogens is 300 g/mol. The van der Waals surface area contributed by atoms with E-state index in [0.29, 0.717) is 25.3 Å². The highest BCUT2D eigenvalue weighted by Crippen LogP contribution is 2.24. The lowest BCUT2D eigenvalue weighted by molar-refractivity contribution is -0.124. The van der Waals surface area contributed by atoms with Crippen molar-refractivity contribution in [3.05, 3.63) is 26.9 Å². The predicted molar refractivity (Wildman–Crippen MR) is 84.5 cm³/mol. The highest BCUT2D eigenvalue weighted by atomic mass is 16.5. The van der Waals surface area contributed by atoms with Gasteiger partial charge in [-0.15, -0.1) is 0 Å². The number of ether oxygens (including phenoxy) is 1. The van der Waals surface area contributed by atoms with Crippen molar-refractivity contribution in [3.63, 3.8) is 0 Å². The third kappa shape index (κ3) is 3.03. The maximum atomic E-state index is 12.0. The summed E-state index contributed by atoms with van der Waals surface area (Å²) < 4.78 is 8.18. The summed E-state index contributed by atoms with van der Waals surface area (Å²) in [6.07, 6.45) is 2.91. The third-order valence-electron chi connectivity index (χ3n) is 4.67. The van der Waals surface area contributed by atoms with Crippen LogP contribution in [0.4, 0.5) is 5.82 Å². The van der Waals surface area contributed by atoms with Gasteiger partial charge >= 0.3 is 5.69 Å². The van der Waals surface area contributed by atoms with E-state index < -0.39 is 0 Å². The van der Waals surface area contributed by atoms with Gasteiger partial charge in [0.2, 0.25) is 5.91 Å². The zero-order valence-corrected chi connectivity index (χ0v) is 13.4. The highest BCUT2D eigenvalue weighted by molar-refractivity contribution is 5.77. The fourth-order valence-corrected chi connectivity index (χ4v) is 3.29. The quantitative estimate of drug-likeness (QED) is 0.769. The van der Waals surface area contributed by atoms with E-state index >= 15 is 0 Å². The SMILES string of the molecule is Cn1c(N[C@H]2CCC(=O)N[C@@H]2C2CCCO2)cc(=O)n(C)c1=O. The number of piperidine rings is 1. The molecule has 126 valence electrons. The molecular formula is C15H22N4O4. The van der Waals surface area contributed by atoms with E-state index in [2.05, 4.69) is 10.6 Å². The van der Waals surface area contributed by atoms with E-state index in [1.54, 1.807) is 7.05 Å². The number of hydrogen-bond donors (Lipinski definition) is 2. The smallest absolute Gasteiger partial charge is 0.332 e. The minimum absolute atomic E-state index is 0.0152. The molecule has 1 unspecified atom stereocenters. The Balaban J connectivity index is 1.86. The molecule has 8 heteroatoms. The van der Waals surface area contributed by atoms with Crippen LogP contribution in [0.2, 0.25) is 0 Å². The molecule has 3 atom stereocenters. The van der Waals surface area contributed by atoms with Gasteiger partial charge in [0, 0.05) is 33.2 Å². The maximum Gasteiger partial charge on any atom is 0.332 e. The van der Waals surface area contributed by atoms with Gasteiger partial charge in [-0.2, -0.15) is 0 Å². The Kier molecular flexibility index (Phi) is 4.25. The van der Waals surface area contributed by atoms with Crippen LogP contribution in [0.25, 0.3) is 0 Å². The third-order valence-corrected chi connectivity index (χ3v) is 4.67. The van der Waals surface area contributed by atoms with Gasteiger partial charge in [0.1, 0.15) is 5.82 Å². The minimum atomic E-state index is -0.381. The zero-order valence-electron chi connectivity index (χ0n) is 13.4. The summed E-state index contributed by atoms with van der Waals surface area (Å²) in [6.45, 7) is 0.703. The molecule has 0 radical (unpaired) electrons. The van der Waals surface area contributed by atoms with Crippen molar-refractivity contribution >= 4 is 11.7 Å². The molecule has 8 nitrogen and oxygen atoms in total. The fourth-order valence-electron chi connectivity index (χ4n) is 3.29. The summed E-state index contributed by atoms with van der Waals surface area (Å²) in [5.74, 6) is 0.476. The van der Waals surface area contributed by atoms with Crippen molar-refractivity contribution in [2.75, 3.05) is 11.9 Å². The molecule has 1 aromatic rings. The molecule has 0 spiro atoms. The minimum Gasteiger partial charge on any atom is -0.376 e. The summed E-state index contributed by atoms with van der Waals surface area (Å²) in [6, 6.07) is 1.18. The second-order valence-corrected chi connectivity index (χ2v) is 6.20. The molecule has 0 saturated carbocycles. The van der Waals surface area contributed by atoms with Crippen molar-refractivity contribution < 1.29 is 9.53 Å². The molecule has 23 heavy (non-hydrogen) atoms. The molecule has 2 saturated heterocycles. The predicted octanol–water partition coefficient (Wildman–Crippen LogP) is -0.678. The van der Waals surface area contributed by atoms with Gasteiger partial charge < -0.3 is 15.4 Å². The number of nitrogens with zero attached hydrogens (tertiary/aromatic N) is 2. The average molecular weight is 322 g/mol. The van der Waals surface area contributed by atoms with Crippen LogP contribution < -0.4 is 21.9 Å². The van der Waals surface area contributed by atoms with Crippen LogP contribution in [-0.2, 0) is 23.6 Å². The number of carbonyl (C=O) groups is 1. The number of aromatic nitrogens is 2. The van der Waals surface area contributed by atoms with Crippen LogP contribution in [0.1, 0.15) is 25.7 Å². The largest absolute Gasteiger partial charge is 0.376 e. The lowest BCUT2D eigenvalue weighted by Crippen LogP contribution is -2.57. The Hall–Kier alpha value is -2.09. The van der Waals surface area contributed by atoms with E-state index in [1.165, 1.54) is 17.7 Å². The number of carbonyl (C=O) groups excluding carboxylic acids is 1. The van der Waals surface area contributed by atoms with Crippen LogP contribution >= 0.6 is 0 Å². The normalized spacial score (nSPS) is 27.7. The first-order valence-electron chi connectivity index (χ1n) is 7.92. The monoisotopic (exact) mass is 322 g/mol. The van der Waals surface area contributed by atoms with E-state index in [1.807, 2.05) is 0 Å². The lowest BCUT2D eigenvalue weighted by Gasteiger charge is -2.36. The van der Waals surface area contributed by atoms with Crippen molar-refractivity contribution in [2.24, 2.45) is 14.1 Å². The molecule has 2 aliphatic heterocycles. The van der Waals surface area contributed by atoms with Gasteiger partial charge in [-0.1, -0.05) is 0 Å². The van der Waals surface area contributed by atoms with Crippen LogP contribution in [0, 0.1) is 0 Å². The van der Waals surface area contributed by atoms with Gasteiger partial charge in [0.25, 0.3) is 5.56 Å². The van der Waals surface area contributed by atoms with Crippen LogP contribution in [0.3, 0.4) is 0 Å². The Labute approximate surface area is 133 Å².